The van der Waals surface area contributed by atoms with Crippen LogP contribution in [-0.2, 0) is 19.2 Å². The van der Waals surface area contributed by atoms with E-state index in [4.69, 9.17) is 0 Å². The van der Waals surface area contributed by atoms with E-state index in [9.17, 15) is 80.5 Å². The number of unbranched alkanes of at least 4 members (excludes halogenated alkanes) is 1. The molecule has 0 aromatic rings. The molecule has 0 bridgehead atoms. The molecule has 0 spiro atoms. The van der Waals surface area contributed by atoms with Crippen molar-refractivity contribution in [2.24, 2.45) is 11.8 Å². The summed E-state index contributed by atoms with van der Waals surface area (Å²) in [5, 5.41) is 124. The molecule has 0 saturated carbocycles. The largest absolute Gasteiger partial charge is 0.394 e. The molecule has 16 N–H and O–H groups in total. The van der Waals surface area contributed by atoms with Gasteiger partial charge in [-0.3, -0.25) is 19.2 Å². The highest BCUT2D eigenvalue weighted by atomic mass is 16.3. The number of aliphatic hydroxyl groups is 12. The molecule has 0 aliphatic rings. The Labute approximate surface area is 264 Å². The van der Waals surface area contributed by atoms with E-state index < -0.39 is 137 Å². The fourth-order valence-corrected chi connectivity index (χ4v) is 3.93. The number of hydrogen-bond donors (Lipinski definition) is 16. The molecular weight excluding hydrogens is 624 g/mol. The van der Waals surface area contributed by atoms with Gasteiger partial charge in [-0.2, -0.15) is 0 Å². The normalized spacial score (nSPS) is 12.7. The standard InChI is InChI=1S/C26H50N4O16/c31-5-23(6-32,7-33)27-19(43)17(20(44)28-24(8-34,9-35)10-36)3-1-2-4-18(21(45)29-25(11-37,12-38)13-39)22(46)30-26(14-40,15-41)16-42/h17-18,31-42H,1-16H2,(H,27,43)(H,28,44)(H,29,45)(H,30,46). The molecule has 4 amide bonds. The molecule has 0 rings (SSSR count). The third-order valence-corrected chi connectivity index (χ3v) is 7.69. The van der Waals surface area contributed by atoms with Crippen molar-refractivity contribution in [2.45, 2.75) is 47.8 Å². The van der Waals surface area contributed by atoms with Crippen LogP contribution < -0.4 is 21.3 Å². The summed E-state index contributed by atoms with van der Waals surface area (Å²) in [6.45, 7) is -11.2. The van der Waals surface area contributed by atoms with Crippen LogP contribution in [0.2, 0.25) is 0 Å². The van der Waals surface area contributed by atoms with E-state index in [1.54, 1.807) is 0 Å². The van der Waals surface area contributed by atoms with Gasteiger partial charge in [0.1, 0.15) is 34.0 Å². The molecule has 20 heteroatoms. The van der Waals surface area contributed by atoms with Gasteiger partial charge in [0.25, 0.3) is 0 Å². The zero-order valence-electron chi connectivity index (χ0n) is 25.5. The topological polar surface area (TPSA) is 359 Å². The SMILES string of the molecule is O=C(NC(CO)(CO)CO)C(CCCCC(C(=O)NC(CO)(CO)CO)C(=O)NC(CO)(CO)CO)C(=O)NC(CO)(CO)CO. The van der Waals surface area contributed by atoms with E-state index in [1.165, 1.54) is 0 Å². The van der Waals surface area contributed by atoms with Crippen LogP contribution in [0.25, 0.3) is 0 Å². The van der Waals surface area contributed by atoms with Crippen LogP contribution in [0, 0.1) is 11.8 Å². The minimum atomic E-state index is -1.95. The Kier molecular flexibility index (Phi) is 19.4. The number of aliphatic hydroxyl groups excluding tert-OH is 12. The fourth-order valence-electron chi connectivity index (χ4n) is 3.93. The second-order valence-corrected chi connectivity index (χ2v) is 11.4. The lowest BCUT2D eigenvalue weighted by molar-refractivity contribution is -0.142. The van der Waals surface area contributed by atoms with Gasteiger partial charge >= 0.3 is 0 Å². The summed E-state index contributed by atoms with van der Waals surface area (Å²) >= 11 is 0. The highest BCUT2D eigenvalue weighted by Crippen LogP contribution is 2.19. The average molecular weight is 675 g/mol. The third-order valence-electron chi connectivity index (χ3n) is 7.69. The maximum Gasteiger partial charge on any atom is 0.233 e. The van der Waals surface area contributed by atoms with Crippen molar-refractivity contribution in [3.05, 3.63) is 0 Å². The van der Waals surface area contributed by atoms with Crippen LogP contribution >= 0.6 is 0 Å². The summed E-state index contributed by atoms with van der Waals surface area (Å²) in [6, 6.07) is 0. The first-order valence-electron chi connectivity index (χ1n) is 14.3. The van der Waals surface area contributed by atoms with Crippen LogP contribution in [0.3, 0.4) is 0 Å². The number of hydrogen-bond acceptors (Lipinski definition) is 16. The summed E-state index contributed by atoms with van der Waals surface area (Å²) in [5.41, 5.74) is -7.79. The van der Waals surface area contributed by atoms with Gasteiger partial charge < -0.3 is 82.5 Å². The minimum Gasteiger partial charge on any atom is -0.394 e. The Balaban J connectivity index is 6.20. The highest BCUT2D eigenvalue weighted by Gasteiger charge is 2.41. The Bertz CT molecular complexity index is 764. The first-order chi connectivity index (χ1) is 21.7. The van der Waals surface area contributed by atoms with E-state index in [0.717, 1.165) is 0 Å². The van der Waals surface area contributed by atoms with Crippen LogP contribution in [0.4, 0.5) is 0 Å². The van der Waals surface area contributed by atoms with Gasteiger partial charge in [0.05, 0.1) is 79.3 Å². The van der Waals surface area contributed by atoms with Gasteiger partial charge in [-0.15, -0.1) is 0 Å². The molecule has 0 aromatic heterocycles. The molecule has 0 aromatic carbocycles. The molecule has 0 aliphatic heterocycles. The lowest BCUT2D eigenvalue weighted by Gasteiger charge is -2.33. The van der Waals surface area contributed by atoms with E-state index in [-0.39, 0.29) is 25.7 Å². The van der Waals surface area contributed by atoms with Crippen LogP contribution in [0.5, 0.6) is 0 Å². The van der Waals surface area contributed by atoms with Gasteiger partial charge in [-0.1, -0.05) is 12.8 Å². The molecular formula is C26H50N4O16. The lowest BCUT2D eigenvalue weighted by Crippen LogP contribution is -2.62. The zero-order chi connectivity index (χ0) is 35.6. The predicted molar refractivity (Wildman–Crippen MR) is 154 cm³/mol. The Morgan fingerprint density at radius 2 is 0.500 bits per heavy atom. The fraction of sp³-hybridized carbons (Fsp3) is 0.846. The first kappa shape index (κ1) is 43.4. The molecule has 46 heavy (non-hydrogen) atoms. The van der Waals surface area contributed by atoms with Gasteiger partial charge in [-0.25, -0.2) is 0 Å². The molecule has 0 unspecified atom stereocenters. The molecule has 0 atom stereocenters. The van der Waals surface area contributed by atoms with E-state index >= 15 is 0 Å². The second-order valence-electron chi connectivity index (χ2n) is 11.4. The van der Waals surface area contributed by atoms with E-state index in [0.29, 0.717) is 0 Å². The Morgan fingerprint density at radius 1 is 0.348 bits per heavy atom. The van der Waals surface area contributed by atoms with Crippen molar-refractivity contribution >= 4 is 23.6 Å². The monoisotopic (exact) mass is 674 g/mol. The number of nitrogens with one attached hydrogen (secondary N) is 4. The van der Waals surface area contributed by atoms with Gasteiger partial charge in [0, 0.05) is 0 Å². The van der Waals surface area contributed by atoms with Crippen molar-refractivity contribution in [2.75, 3.05) is 79.3 Å². The number of carbonyl (C=O) groups is 4. The summed E-state index contributed by atoms with van der Waals surface area (Å²) < 4.78 is 0. The van der Waals surface area contributed by atoms with Crippen LogP contribution in [-0.4, -0.2) is 186 Å². The van der Waals surface area contributed by atoms with E-state index in [1.807, 2.05) is 0 Å². The third kappa shape index (κ3) is 11.6. The van der Waals surface area contributed by atoms with Crippen molar-refractivity contribution < 1.29 is 80.5 Å². The molecule has 0 heterocycles. The Morgan fingerprint density at radius 3 is 0.630 bits per heavy atom. The van der Waals surface area contributed by atoms with Crippen LogP contribution in [0.1, 0.15) is 25.7 Å². The number of rotatable bonds is 25. The van der Waals surface area contributed by atoms with Crippen molar-refractivity contribution in [3.8, 4) is 0 Å². The lowest BCUT2D eigenvalue weighted by atomic mass is 9.91. The summed E-state index contributed by atoms with van der Waals surface area (Å²) in [4.78, 5) is 52.5. The van der Waals surface area contributed by atoms with Gasteiger partial charge in [-0.05, 0) is 12.8 Å². The number of carbonyl (C=O) groups excluding carboxylic acids is 4. The van der Waals surface area contributed by atoms with Gasteiger partial charge in [0.15, 0.2) is 0 Å². The Hall–Kier alpha value is -2.60. The van der Waals surface area contributed by atoms with Crippen LogP contribution in [0.15, 0.2) is 0 Å². The highest BCUT2D eigenvalue weighted by molar-refractivity contribution is 6.01. The summed E-state index contributed by atoms with van der Waals surface area (Å²) in [7, 11) is 0. The van der Waals surface area contributed by atoms with E-state index in [2.05, 4.69) is 21.3 Å². The summed E-state index contributed by atoms with van der Waals surface area (Å²) in [6.07, 6.45) is -0.973. The molecule has 0 saturated heterocycles. The molecule has 0 aliphatic carbocycles. The quantitative estimate of drug-likeness (QED) is 0.0316. The smallest absolute Gasteiger partial charge is 0.233 e. The minimum absolute atomic E-state index is 0.117. The molecule has 0 fully saturated rings. The number of amides is 4. The van der Waals surface area contributed by atoms with Crippen molar-refractivity contribution in [1.82, 2.24) is 21.3 Å². The molecule has 0 radical (unpaired) electrons. The molecule has 20 nitrogen and oxygen atoms in total. The molecule has 270 valence electrons. The predicted octanol–water partition coefficient (Wildman–Crippen LogP) is -8.89. The first-order valence-corrected chi connectivity index (χ1v) is 14.3. The zero-order valence-corrected chi connectivity index (χ0v) is 25.5. The maximum atomic E-state index is 13.1. The maximum absolute atomic E-state index is 13.1. The van der Waals surface area contributed by atoms with Crippen molar-refractivity contribution in [3.63, 3.8) is 0 Å². The van der Waals surface area contributed by atoms with Crippen molar-refractivity contribution in [1.29, 1.82) is 0 Å². The van der Waals surface area contributed by atoms with Gasteiger partial charge in [0.2, 0.25) is 23.6 Å². The second kappa shape index (κ2) is 20.6. The summed E-state index contributed by atoms with van der Waals surface area (Å²) in [5.74, 6) is -7.90. The average Bonchev–Trinajstić information content (AvgIpc) is 3.08.